The van der Waals surface area contributed by atoms with Gasteiger partial charge in [-0.3, -0.25) is 4.72 Å². The molecule has 0 spiro atoms. The minimum absolute atomic E-state index is 0.222. The molecule has 2 aromatic carbocycles. The van der Waals surface area contributed by atoms with E-state index in [0.29, 0.717) is 30.4 Å². The summed E-state index contributed by atoms with van der Waals surface area (Å²) in [4.78, 5) is 0.222. The van der Waals surface area contributed by atoms with Crippen molar-refractivity contribution in [3.63, 3.8) is 0 Å². The lowest BCUT2D eigenvalue weighted by atomic mass is 10.2. The molecule has 0 aliphatic carbocycles. The van der Waals surface area contributed by atoms with Crippen molar-refractivity contribution in [3.8, 4) is 11.5 Å². The van der Waals surface area contributed by atoms with Crippen LogP contribution in [0, 0.1) is 6.92 Å². The van der Waals surface area contributed by atoms with Gasteiger partial charge in [0.15, 0.2) is 11.5 Å². The molecule has 6 heteroatoms. The number of benzene rings is 2. The minimum atomic E-state index is -3.61. The van der Waals surface area contributed by atoms with E-state index in [1.165, 1.54) is 0 Å². The molecule has 1 aliphatic heterocycles. The maximum Gasteiger partial charge on any atom is 0.261 e. The van der Waals surface area contributed by atoms with E-state index in [-0.39, 0.29) is 4.90 Å². The average Bonchev–Trinajstić information content (AvgIpc) is 2.49. The number of fused-ring (bicyclic) bond motifs is 1. The molecule has 0 saturated carbocycles. The fourth-order valence-corrected chi connectivity index (χ4v) is 3.25. The molecular weight excluding hydrogens is 290 g/mol. The summed E-state index contributed by atoms with van der Waals surface area (Å²) in [5.41, 5.74) is 1.27. The van der Waals surface area contributed by atoms with Gasteiger partial charge in [0, 0.05) is 6.07 Å². The lowest BCUT2D eigenvalue weighted by Crippen LogP contribution is -2.17. The molecule has 21 heavy (non-hydrogen) atoms. The first-order chi connectivity index (χ1) is 10.1. The molecule has 0 bridgehead atoms. The molecule has 1 aliphatic rings. The van der Waals surface area contributed by atoms with E-state index < -0.39 is 10.0 Å². The van der Waals surface area contributed by atoms with E-state index in [1.54, 1.807) is 42.5 Å². The topological polar surface area (TPSA) is 64.6 Å². The van der Waals surface area contributed by atoms with Crippen LogP contribution in [0.1, 0.15) is 5.56 Å². The first-order valence-electron chi connectivity index (χ1n) is 6.54. The maximum atomic E-state index is 12.3. The van der Waals surface area contributed by atoms with E-state index in [1.807, 2.05) is 6.92 Å². The van der Waals surface area contributed by atoms with Gasteiger partial charge in [-0.05, 0) is 30.7 Å². The molecule has 3 rings (SSSR count). The minimum Gasteiger partial charge on any atom is -0.486 e. The summed E-state index contributed by atoms with van der Waals surface area (Å²) in [5, 5.41) is 0. The zero-order chi connectivity index (χ0) is 14.9. The van der Waals surface area contributed by atoms with Crippen molar-refractivity contribution in [2.24, 2.45) is 0 Å². The average molecular weight is 305 g/mol. The Morgan fingerprint density at radius 2 is 1.62 bits per heavy atom. The van der Waals surface area contributed by atoms with E-state index in [0.717, 1.165) is 5.56 Å². The van der Waals surface area contributed by atoms with E-state index in [9.17, 15) is 8.42 Å². The predicted molar refractivity (Wildman–Crippen MR) is 79.4 cm³/mol. The third kappa shape index (κ3) is 2.80. The zero-order valence-corrected chi connectivity index (χ0v) is 12.3. The van der Waals surface area contributed by atoms with Crippen LogP contribution in [-0.4, -0.2) is 21.6 Å². The summed E-state index contributed by atoms with van der Waals surface area (Å²) in [5.74, 6) is 1.19. The van der Waals surface area contributed by atoms with Crippen molar-refractivity contribution in [2.75, 3.05) is 17.9 Å². The number of hydrogen-bond donors (Lipinski definition) is 1. The van der Waals surface area contributed by atoms with Crippen molar-refractivity contribution in [2.45, 2.75) is 11.8 Å². The molecule has 2 aromatic rings. The van der Waals surface area contributed by atoms with Crippen LogP contribution < -0.4 is 14.2 Å². The Morgan fingerprint density at radius 3 is 2.29 bits per heavy atom. The number of anilines is 1. The zero-order valence-electron chi connectivity index (χ0n) is 11.5. The lowest BCUT2D eigenvalue weighted by Gasteiger charge is -2.20. The third-order valence-corrected chi connectivity index (χ3v) is 4.57. The Kier molecular flexibility index (Phi) is 3.47. The molecule has 0 atom stereocenters. The second-order valence-corrected chi connectivity index (χ2v) is 6.41. The normalized spacial score (nSPS) is 13.8. The Morgan fingerprint density at radius 1 is 1.00 bits per heavy atom. The van der Waals surface area contributed by atoms with Crippen LogP contribution in [0.3, 0.4) is 0 Å². The first-order valence-corrected chi connectivity index (χ1v) is 8.03. The number of rotatable bonds is 3. The number of aryl methyl sites for hydroxylation is 1. The van der Waals surface area contributed by atoms with Crippen LogP contribution in [0.15, 0.2) is 47.4 Å². The van der Waals surface area contributed by atoms with Crippen molar-refractivity contribution in [1.29, 1.82) is 0 Å². The van der Waals surface area contributed by atoms with Gasteiger partial charge in [0.2, 0.25) is 0 Å². The Bertz CT molecular complexity index is 757. The highest BCUT2D eigenvalue weighted by molar-refractivity contribution is 7.92. The molecule has 0 fully saturated rings. The highest BCUT2D eigenvalue weighted by atomic mass is 32.2. The molecule has 1 N–H and O–H groups in total. The van der Waals surface area contributed by atoms with Crippen LogP contribution >= 0.6 is 0 Å². The summed E-state index contributed by atoms with van der Waals surface area (Å²) in [6, 6.07) is 11.7. The summed E-state index contributed by atoms with van der Waals surface area (Å²) < 4.78 is 38.2. The Hall–Kier alpha value is -2.21. The van der Waals surface area contributed by atoms with Crippen LogP contribution in [0.5, 0.6) is 11.5 Å². The fraction of sp³-hybridized carbons (Fsp3) is 0.200. The van der Waals surface area contributed by atoms with Crippen molar-refractivity contribution in [3.05, 3.63) is 48.0 Å². The highest BCUT2D eigenvalue weighted by Gasteiger charge is 2.18. The second-order valence-electron chi connectivity index (χ2n) is 4.73. The summed E-state index contributed by atoms with van der Waals surface area (Å²) >= 11 is 0. The van der Waals surface area contributed by atoms with Crippen molar-refractivity contribution < 1.29 is 17.9 Å². The maximum absolute atomic E-state index is 12.3. The van der Waals surface area contributed by atoms with Crippen LogP contribution in [0.2, 0.25) is 0 Å². The lowest BCUT2D eigenvalue weighted by molar-refractivity contribution is 0.171. The number of sulfonamides is 1. The van der Waals surface area contributed by atoms with Gasteiger partial charge in [-0.1, -0.05) is 18.2 Å². The van der Waals surface area contributed by atoms with Crippen LogP contribution in [0.4, 0.5) is 5.69 Å². The standard InChI is InChI=1S/C15H15NO4S/c1-11-9-14-15(20-8-7-19-14)10-13(11)16-21(17,18)12-5-3-2-4-6-12/h2-6,9-10,16H,7-8H2,1H3. The SMILES string of the molecule is Cc1cc2c(cc1NS(=O)(=O)c1ccccc1)OCCO2. The molecule has 5 nitrogen and oxygen atoms in total. The summed E-state index contributed by atoms with van der Waals surface area (Å²) in [6.07, 6.45) is 0. The van der Waals surface area contributed by atoms with Crippen LogP contribution in [0.25, 0.3) is 0 Å². The molecule has 0 radical (unpaired) electrons. The van der Waals surface area contributed by atoms with Crippen molar-refractivity contribution >= 4 is 15.7 Å². The molecule has 0 saturated heterocycles. The molecule has 110 valence electrons. The van der Waals surface area contributed by atoms with E-state index >= 15 is 0 Å². The first kappa shape index (κ1) is 13.8. The number of ether oxygens (including phenoxy) is 2. The predicted octanol–water partition coefficient (Wildman–Crippen LogP) is 2.57. The molecule has 0 unspecified atom stereocenters. The van der Waals surface area contributed by atoms with Gasteiger partial charge >= 0.3 is 0 Å². The largest absolute Gasteiger partial charge is 0.486 e. The Labute approximate surface area is 123 Å². The van der Waals surface area contributed by atoms with E-state index in [4.69, 9.17) is 9.47 Å². The third-order valence-electron chi connectivity index (χ3n) is 3.19. The quantitative estimate of drug-likeness (QED) is 0.946. The second kappa shape index (κ2) is 5.29. The van der Waals surface area contributed by atoms with Gasteiger partial charge in [-0.25, -0.2) is 8.42 Å². The number of hydrogen-bond acceptors (Lipinski definition) is 4. The molecular formula is C15H15NO4S. The van der Waals surface area contributed by atoms with Gasteiger partial charge in [0.1, 0.15) is 13.2 Å². The molecule has 0 aromatic heterocycles. The van der Waals surface area contributed by atoms with Gasteiger partial charge in [-0.15, -0.1) is 0 Å². The van der Waals surface area contributed by atoms with E-state index in [2.05, 4.69) is 4.72 Å². The fourth-order valence-electron chi connectivity index (χ4n) is 2.10. The van der Waals surface area contributed by atoms with Gasteiger partial charge in [-0.2, -0.15) is 0 Å². The molecule has 1 heterocycles. The van der Waals surface area contributed by atoms with Gasteiger partial charge in [0.05, 0.1) is 10.6 Å². The smallest absolute Gasteiger partial charge is 0.261 e. The number of nitrogens with one attached hydrogen (secondary N) is 1. The highest BCUT2D eigenvalue weighted by Crippen LogP contribution is 2.35. The monoisotopic (exact) mass is 305 g/mol. The van der Waals surface area contributed by atoms with Crippen molar-refractivity contribution in [1.82, 2.24) is 0 Å². The summed E-state index contributed by atoms with van der Waals surface area (Å²) in [6.45, 7) is 2.78. The van der Waals surface area contributed by atoms with Crippen LogP contribution in [-0.2, 0) is 10.0 Å². The Balaban J connectivity index is 1.95. The summed E-state index contributed by atoms with van der Waals surface area (Å²) in [7, 11) is -3.61. The van der Waals surface area contributed by atoms with Gasteiger partial charge < -0.3 is 9.47 Å². The molecule has 0 amide bonds. The van der Waals surface area contributed by atoms with Gasteiger partial charge in [0.25, 0.3) is 10.0 Å².